The summed E-state index contributed by atoms with van der Waals surface area (Å²) < 4.78 is 0. The molecule has 1 aliphatic heterocycles. The number of nitrogens with one attached hydrogen (secondary N) is 1. The number of hydrogen-bond donors (Lipinski definition) is 2. The van der Waals surface area contributed by atoms with E-state index in [1.165, 1.54) is 10.5 Å². The minimum absolute atomic E-state index is 0.0926. The lowest BCUT2D eigenvalue weighted by Gasteiger charge is -2.27. The summed E-state index contributed by atoms with van der Waals surface area (Å²) in [6, 6.07) is 5.50. The fourth-order valence-corrected chi connectivity index (χ4v) is 2.39. The Morgan fingerprint density at radius 3 is 2.70 bits per heavy atom. The molecule has 0 radical (unpaired) electrons. The van der Waals surface area contributed by atoms with Gasteiger partial charge in [-0.2, -0.15) is 0 Å². The van der Waals surface area contributed by atoms with Gasteiger partial charge in [0.2, 0.25) is 0 Å². The minimum atomic E-state index is -0.985. The van der Waals surface area contributed by atoms with Crippen molar-refractivity contribution in [1.82, 2.24) is 10.2 Å². The number of carbonyl (C=O) groups excluding carboxylic acids is 1. The van der Waals surface area contributed by atoms with Gasteiger partial charge in [-0.15, -0.1) is 0 Å². The van der Waals surface area contributed by atoms with Gasteiger partial charge in [-0.3, -0.25) is 9.59 Å². The number of nitrogens with zero attached hydrogens (tertiary/aromatic N) is 1. The van der Waals surface area contributed by atoms with E-state index in [0.29, 0.717) is 5.56 Å². The lowest BCUT2D eigenvalue weighted by molar-refractivity contribution is -0.138. The Bertz CT molecular complexity index is 528. The monoisotopic (exact) mass is 276 g/mol. The molecule has 0 aromatic heterocycles. The topological polar surface area (TPSA) is 69.6 Å². The Morgan fingerprint density at radius 1 is 1.35 bits per heavy atom. The Balaban J connectivity index is 2.24. The fourth-order valence-electron chi connectivity index (χ4n) is 2.39. The molecule has 0 spiro atoms. The molecule has 1 aromatic rings. The Kier molecular flexibility index (Phi) is 4.39. The highest BCUT2D eigenvalue weighted by Crippen LogP contribution is 2.19. The molecule has 108 valence electrons. The van der Waals surface area contributed by atoms with Crippen molar-refractivity contribution in [3.8, 4) is 0 Å². The molecule has 1 aromatic carbocycles. The van der Waals surface area contributed by atoms with E-state index >= 15 is 0 Å². The second-order valence-corrected chi connectivity index (χ2v) is 5.17. The van der Waals surface area contributed by atoms with E-state index in [1.54, 1.807) is 6.07 Å². The maximum atomic E-state index is 12.5. The van der Waals surface area contributed by atoms with Gasteiger partial charge in [0.15, 0.2) is 0 Å². The molecule has 5 heteroatoms. The first-order valence-electron chi connectivity index (χ1n) is 6.88. The summed E-state index contributed by atoms with van der Waals surface area (Å²) in [5, 5.41) is 12.2. The summed E-state index contributed by atoms with van der Waals surface area (Å²) >= 11 is 0. The highest BCUT2D eigenvalue weighted by atomic mass is 16.4. The van der Waals surface area contributed by atoms with Crippen LogP contribution in [0.2, 0.25) is 0 Å². The first-order chi connectivity index (χ1) is 9.52. The maximum Gasteiger partial charge on any atom is 0.323 e. The maximum absolute atomic E-state index is 12.5. The van der Waals surface area contributed by atoms with Gasteiger partial charge in [0.05, 0.1) is 0 Å². The van der Waals surface area contributed by atoms with Crippen LogP contribution in [0.3, 0.4) is 0 Å². The van der Waals surface area contributed by atoms with Crippen molar-refractivity contribution >= 4 is 11.9 Å². The predicted octanol–water partition coefficient (Wildman–Crippen LogP) is 1.62. The number of aliphatic carboxylic acids is 1. The zero-order chi connectivity index (χ0) is 14.7. The van der Waals surface area contributed by atoms with Crippen LogP contribution in [-0.4, -0.2) is 34.5 Å². The van der Waals surface area contributed by atoms with Crippen LogP contribution in [0.1, 0.15) is 41.8 Å². The number of hydrogen-bond acceptors (Lipinski definition) is 3. The second kappa shape index (κ2) is 6.05. The van der Waals surface area contributed by atoms with Crippen molar-refractivity contribution in [2.75, 3.05) is 6.54 Å². The number of fused-ring (bicyclic) bond motifs is 1. The van der Waals surface area contributed by atoms with Crippen LogP contribution < -0.4 is 5.32 Å². The number of rotatable bonds is 5. The van der Waals surface area contributed by atoms with Gasteiger partial charge in [-0.1, -0.05) is 13.0 Å². The lowest BCUT2D eigenvalue weighted by atomic mass is 10.0. The highest BCUT2D eigenvalue weighted by molar-refractivity contribution is 5.96. The van der Waals surface area contributed by atoms with E-state index in [2.05, 4.69) is 5.32 Å². The van der Waals surface area contributed by atoms with Gasteiger partial charge in [-0.25, -0.2) is 0 Å². The van der Waals surface area contributed by atoms with E-state index < -0.39 is 5.97 Å². The average molecular weight is 276 g/mol. The molecule has 0 bridgehead atoms. The molecule has 20 heavy (non-hydrogen) atoms. The van der Waals surface area contributed by atoms with E-state index in [9.17, 15) is 9.59 Å². The summed E-state index contributed by atoms with van der Waals surface area (Å²) in [7, 11) is 0. The number of carbonyl (C=O) groups is 2. The molecule has 0 saturated carbocycles. The minimum Gasteiger partial charge on any atom is -0.480 e. The Morgan fingerprint density at radius 2 is 2.05 bits per heavy atom. The van der Waals surface area contributed by atoms with Gasteiger partial charge in [-0.05, 0) is 36.6 Å². The molecule has 5 nitrogen and oxygen atoms in total. The van der Waals surface area contributed by atoms with Crippen LogP contribution in [-0.2, 0) is 17.9 Å². The van der Waals surface area contributed by atoms with E-state index in [0.717, 1.165) is 25.1 Å². The van der Waals surface area contributed by atoms with Crippen molar-refractivity contribution in [3.63, 3.8) is 0 Å². The van der Waals surface area contributed by atoms with Crippen LogP contribution in [0.5, 0.6) is 0 Å². The third kappa shape index (κ3) is 2.99. The van der Waals surface area contributed by atoms with Crippen LogP contribution in [0, 0.1) is 0 Å². The summed E-state index contributed by atoms with van der Waals surface area (Å²) in [5.74, 6) is -1.20. The number of benzene rings is 1. The normalized spacial score (nSPS) is 14.7. The molecular weight excluding hydrogens is 256 g/mol. The molecule has 0 saturated heterocycles. The standard InChI is InChI=1S/C15H20N2O3/c1-3-10(2)17(9-14(18)19)15(20)11-4-5-12-7-16-8-13(12)6-11/h4-6,10,16H,3,7-9H2,1-2H3,(H,18,19). The van der Waals surface area contributed by atoms with Crippen molar-refractivity contribution < 1.29 is 14.7 Å². The molecule has 1 amide bonds. The van der Waals surface area contributed by atoms with Crippen molar-refractivity contribution in [2.45, 2.75) is 39.4 Å². The van der Waals surface area contributed by atoms with Crippen molar-refractivity contribution in [1.29, 1.82) is 0 Å². The third-order valence-corrected chi connectivity index (χ3v) is 3.77. The molecule has 0 fully saturated rings. The molecular formula is C15H20N2O3. The summed E-state index contributed by atoms with van der Waals surface area (Å²) in [6.45, 7) is 5.14. The zero-order valence-electron chi connectivity index (χ0n) is 11.8. The number of carboxylic acid groups (broad SMARTS) is 1. The summed E-state index contributed by atoms with van der Waals surface area (Å²) in [4.78, 5) is 24.9. The van der Waals surface area contributed by atoms with Gasteiger partial charge < -0.3 is 15.3 Å². The molecule has 1 aliphatic rings. The largest absolute Gasteiger partial charge is 0.480 e. The smallest absolute Gasteiger partial charge is 0.323 e. The molecule has 2 N–H and O–H groups in total. The van der Waals surface area contributed by atoms with Crippen LogP contribution in [0.25, 0.3) is 0 Å². The first kappa shape index (κ1) is 14.5. The van der Waals surface area contributed by atoms with Gasteiger partial charge in [0, 0.05) is 24.7 Å². The fraction of sp³-hybridized carbons (Fsp3) is 0.467. The van der Waals surface area contributed by atoms with Crippen LogP contribution in [0.15, 0.2) is 18.2 Å². The molecule has 1 atom stereocenters. The van der Waals surface area contributed by atoms with Crippen molar-refractivity contribution in [2.24, 2.45) is 0 Å². The van der Waals surface area contributed by atoms with E-state index in [4.69, 9.17) is 5.11 Å². The van der Waals surface area contributed by atoms with Crippen LogP contribution >= 0.6 is 0 Å². The van der Waals surface area contributed by atoms with E-state index in [-0.39, 0.29) is 18.5 Å². The van der Waals surface area contributed by atoms with Gasteiger partial charge >= 0.3 is 5.97 Å². The third-order valence-electron chi connectivity index (χ3n) is 3.77. The van der Waals surface area contributed by atoms with Crippen molar-refractivity contribution in [3.05, 3.63) is 34.9 Å². The molecule has 1 unspecified atom stereocenters. The Hall–Kier alpha value is -1.88. The molecule has 2 rings (SSSR count). The number of amides is 1. The Labute approximate surface area is 118 Å². The SMILES string of the molecule is CCC(C)N(CC(=O)O)C(=O)c1ccc2c(c1)CNC2. The first-order valence-corrected chi connectivity index (χ1v) is 6.88. The number of carboxylic acids is 1. The quantitative estimate of drug-likeness (QED) is 0.857. The molecule has 0 aliphatic carbocycles. The predicted molar refractivity (Wildman–Crippen MR) is 75.4 cm³/mol. The zero-order valence-corrected chi connectivity index (χ0v) is 11.8. The second-order valence-electron chi connectivity index (χ2n) is 5.17. The lowest BCUT2D eigenvalue weighted by Crippen LogP contribution is -2.41. The average Bonchev–Trinajstić information content (AvgIpc) is 2.90. The molecule has 1 heterocycles. The summed E-state index contributed by atoms with van der Waals surface area (Å²) in [6.07, 6.45) is 0.728. The van der Waals surface area contributed by atoms with Gasteiger partial charge in [0.1, 0.15) is 6.54 Å². The summed E-state index contributed by atoms with van der Waals surface area (Å²) in [5.41, 5.74) is 2.89. The highest BCUT2D eigenvalue weighted by Gasteiger charge is 2.24. The van der Waals surface area contributed by atoms with E-state index in [1.807, 2.05) is 26.0 Å². The van der Waals surface area contributed by atoms with Gasteiger partial charge in [0.25, 0.3) is 5.91 Å². The van der Waals surface area contributed by atoms with Crippen LogP contribution in [0.4, 0.5) is 0 Å².